The minimum Gasteiger partial charge on any atom is -0.479 e. The molecule has 0 radical (unpaired) electrons. The van der Waals surface area contributed by atoms with Gasteiger partial charge in [0.15, 0.2) is 6.10 Å². The molecule has 0 aliphatic carbocycles. The fraction of sp³-hybridized carbons (Fsp3) is 0.333. The van der Waals surface area contributed by atoms with E-state index in [1.165, 1.54) is 25.6 Å². The van der Waals surface area contributed by atoms with E-state index in [0.717, 1.165) is 12.1 Å². The van der Waals surface area contributed by atoms with Gasteiger partial charge in [0.05, 0.1) is 24.3 Å². The van der Waals surface area contributed by atoms with Crippen LogP contribution in [0.25, 0.3) is 10.9 Å². The van der Waals surface area contributed by atoms with Crippen LogP contribution in [0.4, 0.5) is 39.1 Å². The van der Waals surface area contributed by atoms with Crippen LogP contribution in [0.2, 0.25) is 0 Å². The van der Waals surface area contributed by atoms with Crippen molar-refractivity contribution < 1.29 is 35.7 Å². The lowest BCUT2D eigenvalue weighted by molar-refractivity contribution is -0.142. The summed E-state index contributed by atoms with van der Waals surface area (Å²) in [5, 5.41) is 3.57. The van der Waals surface area contributed by atoms with Gasteiger partial charge in [-0.05, 0) is 49.5 Å². The van der Waals surface area contributed by atoms with Crippen molar-refractivity contribution in [1.29, 1.82) is 0 Å². The number of fused-ring (bicyclic) bond motifs is 1. The van der Waals surface area contributed by atoms with E-state index in [9.17, 15) is 31.0 Å². The Kier molecular flexibility index (Phi) is 8.97. The molecule has 8 nitrogen and oxygen atoms in total. The van der Waals surface area contributed by atoms with Gasteiger partial charge < -0.3 is 19.7 Å². The highest BCUT2D eigenvalue weighted by Crippen LogP contribution is 2.33. The number of benzene rings is 2. The molecule has 2 N–H and O–H groups in total. The lowest BCUT2D eigenvalue weighted by Crippen LogP contribution is -2.45. The second-order valence-corrected chi connectivity index (χ2v) is 10.8. The van der Waals surface area contributed by atoms with Gasteiger partial charge in [0, 0.05) is 33.1 Å². The van der Waals surface area contributed by atoms with E-state index < -0.39 is 53.5 Å². The first-order chi connectivity index (χ1) is 17.7. The van der Waals surface area contributed by atoms with Crippen LogP contribution < -0.4 is 14.8 Å². The molecule has 0 fully saturated rings. The molecule has 1 heterocycles. The summed E-state index contributed by atoms with van der Waals surface area (Å²) in [6.45, 7) is 0.560. The molecule has 2 atom stereocenters. The van der Waals surface area contributed by atoms with E-state index in [0.29, 0.717) is 32.9 Å². The van der Waals surface area contributed by atoms with Crippen LogP contribution in [0.3, 0.4) is 0 Å². The minimum absolute atomic E-state index is 0.163. The molecule has 2 aromatic carbocycles. The van der Waals surface area contributed by atoms with Crippen molar-refractivity contribution >= 4 is 49.6 Å². The Hall–Kier alpha value is -3.68. The first-order valence-corrected chi connectivity index (χ1v) is 13.3. The van der Waals surface area contributed by atoms with Crippen molar-refractivity contribution in [2.45, 2.75) is 32.8 Å². The number of nitrogens with zero attached hydrogens (tertiary/aromatic N) is 3. The van der Waals surface area contributed by atoms with E-state index in [-0.39, 0.29) is 11.4 Å². The second kappa shape index (κ2) is 11.8. The van der Waals surface area contributed by atoms with Gasteiger partial charge in [-0.25, -0.2) is 36.1 Å². The number of hydrogen-bond donors (Lipinski definition) is 2. The third-order valence-corrected chi connectivity index (χ3v) is 5.81. The van der Waals surface area contributed by atoms with Crippen LogP contribution in [0.5, 0.6) is 5.75 Å². The Morgan fingerprint density at radius 3 is 2.39 bits per heavy atom. The summed E-state index contributed by atoms with van der Waals surface area (Å²) in [5.41, 5.74) is 1.87. The molecule has 2 unspecified atom stereocenters. The molecule has 3 aromatic rings. The van der Waals surface area contributed by atoms with Gasteiger partial charge in [0.25, 0.3) is 18.8 Å². The summed E-state index contributed by atoms with van der Waals surface area (Å²) in [6.07, 6.45) is -4.83. The fourth-order valence-corrected chi connectivity index (χ4v) is 4.32. The third-order valence-electron chi connectivity index (χ3n) is 5.15. The quantitative estimate of drug-likeness (QED) is 0.263. The number of rotatable bonds is 11. The van der Waals surface area contributed by atoms with Gasteiger partial charge in [-0.15, -0.1) is 0 Å². The maximum atomic E-state index is 14.1. The van der Waals surface area contributed by atoms with Gasteiger partial charge in [-0.1, -0.05) is 0 Å². The highest BCUT2D eigenvalue weighted by molar-refractivity contribution is 8.00. The maximum absolute atomic E-state index is 14.1. The molecule has 1 aromatic heterocycles. The lowest BCUT2D eigenvalue weighted by atomic mass is 10.1. The van der Waals surface area contributed by atoms with E-state index in [1.54, 1.807) is 19.1 Å². The smallest absolute Gasteiger partial charge is 0.263 e. The number of nitrogens with one attached hydrogen (secondary N) is 2. The number of ether oxygens (including phenoxy) is 1. The molecule has 0 aliphatic rings. The number of aromatic nitrogens is 2. The monoisotopic (exact) mass is 559 g/mol. The average Bonchev–Trinajstić information content (AvgIpc) is 2.78. The van der Waals surface area contributed by atoms with Crippen LogP contribution in [0.15, 0.2) is 36.7 Å². The molecule has 0 spiro atoms. The van der Waals surface area contributed by atoms with Gasteiger partial charge in [-0.2, -0.15) is 0 Å². The molecule has 14 heteroatoms. The standard InChI is InChI=1S/C24H26F5N5O3S/c1-13-7-16(33-38(3,4)36)9-18-22(13)23(31-12-30-18)32-17-6-5-15(25)8-19(17)37-14(2)24(35)34(10-20(26)27)11-21(28)29/h5-9,12,14,20-21H,3,10-11H2,1-2,4H3,(H,33,36)(H,30,31,32). The van der Waals surface area contributed by atoms with Gasteiger partial charge in [0.1, 0.15) is 23.7 Å². The normalized spacial score (nSPS) is 13.8. The Labute approximate surface area is 216 Å². The Morgan fingerprint density at radius 2 is 1.79 bits per heavy atom. The molecule has 0 aliphatic heterocycles. The second-order valence-electron chi connectivity index (χ2n) is 8.57. The molecular weight excluding hydrogens is 533 g/mol. The minimum atomic E-state index is -3.03. The van der Waals surface area contributed by atoms with E-state index >= 15 is 0 Å². The molecule has 1 amide bonds. The summed E-state index contributed by atoms with van der Waals surface area (Å²) in [4.78, 5) is 21.4. The van der Waals surface area contributed by atoms with Crippen LogP contribution >= 0.6 is 0 Å². The number of carbonyl (C=O) groups is 1. The highest BCUT2D eigenvalue weighted by Gasteiger charge is 2.28. The maximum Gasteiger partial charge on any atom is 0.263 e. The summed E-state index contributed by atoms with van der Waals surface area (Å²) in [5.74, 6) is 1.85. The van der Waals surface area contributed by atoms with E-state index in [2.05, 4.69) is 25.9 Å². The van der Waals surface area contributed by atoms with Crippen LogP contribution in [0.1, 0.15) is 12.5 Å². The number of amides is 1. The van der Waals surface area contributed by atoms with Gasteiger partial charge in [-0.3, -0.25) is 4.79 Å². The number of aryl methyl sites for hydroxylation is 1. The SMILES string of the molecule is C=S(C)(=O)Nc1cc(C)c2c(Nc3ccc(F)cc3OC(C)C(=O)N(CC(F)F)CC(F)F)ncnc2c1. The van der Waals surface area contributed by atoms with Gasteiger partial charge in [0.2, 0.25) is 0 Å². The van der Waals surface area contributed by atoms with Crippen molar-refractivity contribution in [2.24, 2.45) is 0 Å². The number of alkyl halides is 4. The highest BCUT2D eigenvalue weighted by atomic mass is 32.2. The summed E-state index contributed by atoms with van der Waals surface area (Å²) in [6, 6.07) is 6.75. The largest absolute Gasteiger partial charge is 0.479 e. The molecule has 0 saturated carbocycles. The number of hydrogen-bond acceptors (Lipinski definition) is 6. The van der Waals surface area contributed by atoms with Crippen molar-refractivity contribution in [3.63, 3.8) is 0 Å². The van der Waals surface area contributed by atoms with Crippen LogP contribution in [0, 0.1) is 12.7 Å². The molecular formula is C24H26F5N5O3S. The molecule has 0 saturated heterocycles. The van der Waals surface area contributed by atoms with Gasteiger partial charge >= 0.3 is 0 Å². The van der Waals surface area contributed by atoms with E-state index in [1.807, 2.05) is 0 Å². The Morgan fingerprint density at radius 1 is 1.13 bits per heavy atom. The topological polar surface area (TPSA) is 96.5 Å². The molecule has 3 rings (SSSR count). The molecule has 0 bridgehead atoms. The number of halogens is 5. The average molecular weight is 560 g/mol. The van der Waals surface area contributed by atoms with Crippen LogP contribution in [-0.4, -0.2) is 69.2 Å². The lowest BCUT2D eigenvalue weighted by Gasteiger charge is -2.26. The molecule has 206 valence electrons. The van der Waals surface area contributed by atoms with Crippen molar-refractivity contribution in [3.8, 4) is 5.75 Å². The van der Waals surface area contributed by atoms with Crippen molar-refractivity contribution in [3.05, 3.63) is 48.0 Å². The molecule has 38 heavy (non-hydrogen) atoms. The summed E-state index contributed by atoms with van der Waals surface area (Å²) in [7, 11) is -2.54. The van der Waals surface area contributed by atoms with Crippen molar-refractivity contribution in [2.75, 3.05) is 29.4 Å². The van der Waals surface area contributed by atoms with E-state index in [4.69, 9.17) is 4.74 Å². The van der Waals surface area contributed by atoms with Crippen LogP contribution in [-0.2, 0) is 14.5 Å². The summed E-state index contributed by atoms with van der Waals surface area (Å²) < 4.78 is 85.8. The number of anilines is 3. The zero-order chi connectivity index (χ0) is 28.2. The zero-order valence-corrected chi connectivity index (χ0v) is 21.5. The first-order valence-electron chi connectivity index (χ1n) is 11.2. The predicted molar refractivity (Wildman–Crippen MR) is 137 cm³/mol. The summed E-state index contributed by atoms with van der Waals surface area (Å²) >= 11 is 0. The Balaban J connectivity index is 1.93. The Bertz CT molecular complexity index is 1410. The zero-order valence-electron chi connectivity index (χ0n) is 20.7. The number of carbonyl (C=O) groups excluding carboxylic acids is 1. The third kappa shape index (κ3) is 7.66. The fourth-order valence-electron chi connectivity index (χ4n) is 3.70. The van der Waals surface area contributed by atoms with Crippen molar-refractivity contribution in [1.82, 2.24) is 14.9 Å². The predicted octanol–water partition coefficient (Wildman–Crippen LogP) is 4.62. The first kappa shape index (κ1) is 28.9.